The first-order valence-corrected chi connectivity index (χ1v) is 6.08. The molecule has 2 rings (SSSR count). The lowest BCUT2D eigenvalue weighted by Crippen LogP contribution is -1.94. The van der Waals surface area contributed by atoms with Gasteiger partial charge < -0.3 is 5.11 Å². The second-order valence-corrected chi connectivity index (χ2v) is 4.26. The van der Waals surface area contributed by atoms with Crippen LogP contribution in [-0.4, -0.2) is 21.3 Å². The minimum absolute atomic E-state index is 0.292. The van der Waals surface area contributed by atoms with Crippen LogP contribution >= 0.6 is 0 Å². The minimum atomic E-state index is -0.910. The van der Waals surface area contributed by atoms with E-state index in [1.165, 1.54) is 0 Å². The maximum absolute atomic E-state index is 10.7. The molecular weight excluding hydrogens is 228 g/mol. The number of hydrogen-bond donors (Lipinski definition) is 2. The van der Waals surface area contributed by atoms with Crippen molar-refractivity contribution >= 4 is 5.97 Å². The third-order valence-electron chi connectivity index (χ3n) is 2.86. The van der Waals surface area contributed by atoms with Gasteiger partial charge in [-0.15, -0.1) is 0 Å². The van der Waals surface area contributed by atoms with E-state index in [1.54, 1.807) is 24.3 Å². The summed E-state index contributed by atoms with van der Waals surface area (Å²) < 4.78 is 0. The number of carbonyl (C=O) groups is 1. The third-order valence-corrected chi connectivity index (χ3v) is 2.86. The van der Waals surface area contributed by atoms with Gasteiger partial charge >= 0.3 is 5.97 Å². The Bertz CT molecular complexity index is 529. The predicted molar refractivity (Wildman–Crippen MR) is 69.6 cm³/mol. The average molecular weight is 244 g/mol. The van der Waals surface area contributed by atoms with Gasteiger partial charge in [-0.3, -0.25) is 5.10 Å². The number of aromatic nitrogens is 2. The molecule has 0 saturated heterocycles. The normalized spacial score (nSPS) is 10.5. The average Bonchev–Trinajstić information content (AvgIpc) is 2.85. The molecule has 2 N–H and O–H groups in total. The molecule has 2 aromatic rings. The predicted octanol–water partition coefficient (Wildman–Crippen LogP) is 3.12. The third kappa shape index (κ3) is 2.77. The minimum Gasteiger partial charge on any atom is -0.478 e. The lowest BCUT2D eigenvalue weighted by Gasteiger charge is -1.97. The van der Waals surface area contributed by atoms with Crippen molar-refractivity contribution in [2.75, 3.05) is 0 Å². The van der Waals surface area contributed by atoms with Gasteiger partial charge in [0.05, 0.1) is 11.3 Å². The van der Waals surface area contributed by atoms with Crippen LogP contribution < -0.4 is 0 Å². The van der Waals surface area contributed by atoms with Gasteiger partial charge in [0.15, 0.2) is 0 Å². The second kappa shape index (κ2) is 5.49. The molecule has 0 unspecified atom stereocenters. The first-order chi connectivity index (χ1) is 8.70. The molecule has 4 heteroatoms. The zero-order chi connectivity index (χ0) is 13.0. The Labute approximate surface area is 106 Å². The quantitative estimate of drug-likeness (QED) is 0.849. The molecule has 0 amide bonds. The summed E-state index contributed by atoms with van der Waals surface area (Å²) in [6.45, 7) is 2.15. The highest BCUT2D eigenvalue weighted by Gasteiger charge is 2.06. The van der Waals surface area contributed by atoms with Gasteiger partial charge in [-0.2, -0.15) is 5.10 Å². The van der Waals surface area contributed by atoms with Crippen molar-refractivity contribution in [2.45, 2.75) is 26.2 Å². The Morgan fingerprint density at radius 1 is 1.33 bits per heavy atom. The van der Waals surface area contributed by atoms with Gasteiger partial charge in [0.25, 0.3) is 0 Å². The van der Waals surface area contributed by atoms with E-state index in [-0.39, 0.29) is 0 Å². The molecule has 0 saturated carbocycles. The standard InChI is InChI=1S/C14H16N2O2/c1-2-3-4-12-9-13(16-15-12)10-5-7-11(8-6-10)14(17)18/h5-9H,2-4H2,1H3,(H,15,16)(H,17,18). The van der Waals surface area contributed by atoms with Crippen molar-refractivity contribution in [3.05, 3.63) is 41.6 Å². The van der Waals surface area contributed by atoms with Crippen LogP contribution in [0, 0.1) is 0 Å². The Kier molecular flexibility index (Phi) is 3.77. The summed E-state index contributed by atoms with van der Waals surface area (Å²) in [6, 6.07) is 8.77. The fourth-order valence-corrected chi connectivity index (χ4v) is 1.79. The van der Waals surface area contributed by atoms with Gasteiger partial charge in [0.1, 0.15) is 0 Å². The van der Waals surface area contributed by atoms with Crippen LogP contribution in [0.1, 0.15) is 35.8 Å². The van der Waals surface area contributed by atoms with E-state index in [4.69, 9.17) is 5.11 Å². The molecular formula is C14H16N2O2. The molecule has 0 aliphatic rings. The molecule has 0 atom stereocenters. The molecule has 1 aromatic heterocycles. The Hall–Kier alpha value is -2.10. The lowest BCUT2D eigenvalue weighted by molar-refractivity contribution is 0.0697. The summed E-state index contributed by atoms with van der Waals surface area (Å²) >= 11 is 0. The van der Waals surface area contributed by atoms with Crippen molar-refractivity contribution in [1.29, 1.82) is 0 Å². The zero-order valence-electron chi connectivity index (χ0n) is 10.3. The molecule has 0 spiro atoms. The fraction of sp³-hybridized carbons (Fsp3) is 0.286. The topological polar surface area (TPSA) is 66.0 Å². The van der Waals surface area contributed by atoms with Crippen LogP contribution in [0.15, 0.2) is 30.3 Å². The summed E-state index contributed by atoms with van der Waals surface area (Å²) in [5.41, 5.74) is 3.20. The number of carboxylic acids is 1. The SMILES string of the molecule is CCCCc1cc(-c2ccc(C(=O)O)cc2)n[nH]1. The van der Waals surface area contributed by atoms with Crippen LogP contribution in [0.3, 0.4) is 0 Å². The first kappa shape index (κ1) is 12.4. The largest absolute Gasteiger partial charge is 0.478 e. The first-order valence-electron chi connectivity index (χ1n) is 6.08. The number of nitrogens with one attached hydrogen (secondary N) is 1. The van der Waals surface area contributed by atoms with Crippen LogP contribution in [-0.2, 0) is 6.42 Å². The molecule has 18 heavy (non-hydrogen) atoms. The highest BCUT2D eigenvalue weighted by Crippen LogP contribution is 2.19. The molecule has 0 aliphatic carbocycles. The molecule has 1 heterocycles. The van der Waals surface area contributed by atoms with E-state index in [9.17, 15) is 4.79 Å². The summed E-state index contributed by atoms with van der Waals surface area (Å²) in [5, 5.41) is 16.1. The number of aromatic carboxylic acids is 1. The molecule has 0 radical (unpaired) electrons. The van der Waals surface area contributed by atoms with E-state index >= 15 is 0 Å². The van der Waals surface area contributed by atoms with Crippen LogP contribution in [0.2, 0.25) is 0 Å². The summed E-state index contributed by atoms with van der Waals surface area (Å²) in [4.78, 5) is 10.7. The maximum Gasteiger partial charge on any atom is 0.335 e. The smallest absolute Gasteiger partial charge is 0.335 e. The van der Waals surface area contributed by atoms with Crippen LogP contribution in [0.25, 0.3) is 11.3 Å². The van der Waals surface area contributed by atoms with E-state index in [2.05, 4.69) is 17.1 Å². The summed E-state index contributed by atoms with van der Waals surface area (Å²) in [7, 11) is 0. The Morgan fingerprint density at radius 2 is 2.06 bits per heavy atom. The number of benzene rings is 1. The van der Waals surface area contributed by atoms with Crippen molar-refractivity contribution in [3.63, 3.8) is 0 Å². The molecule has 1 aromatic carbocycles. The molecule has 0 fully saturated rings. The molecule has 94 valence electrons. The van der Waals surface area contributed by atoms with Crippen molar-refractivity contribution in [2.24, 2.45) is 0 Å². The number of aryl methyl sites for hydroxylation is 1. The van der Waals surface area contributed by atoms with E-state index < -0.39 is 5.97 Å². The number of aromatic amines is 1. The fourth-order valence-electron chi connectivity index (χ4n) is 1.79. The number of unbranched alkanes of at least 4 members (excludes halogenated alkanes) is 1. The van der Waals surface area contributed by atoms with Gasteiger partial charge in [0.2, 0.25) is 0 Å². The summed E-state index contributed by atoms with van der Waals surface area (Å²) in [6.07, 6.45) is 3.29. The Morgan fingerprint density at radius 3 is 2.67 bits per heavy atom. The lowest BCUT2D eigenvalue weighted by atomic mass is 10.1. The van der Waals surface area contributed by atoms with Gasteiger partial charge in [-0.05, 0) is 31.0 Å². The molecule has 4 nitrogen and oxygen atoms in total. The van der Waals surface area contributed by atoms with Gasteiger partial charge in [0, 0.05) is 11.3 Å². The van der Waals surface area contributed by atoms with E-state index in [0.717, 1.165) is 36.2 Å². The molecule has 0 aliphatic heterocycles. The maximum atomic E-state index is 10.7. The zero-order valence-corrected chi connectivity index (χ0v) is 10.3. The van der Waals surface area contributed by atoms with Gasteiger partial charge in [-0.1, -0.05) is 25.5 Å². The highest BCUT2D eigenvalue weighted by atomic mass is 16.4. The monoisotopic (exact) mass is 244 g/mol. The Balaban J connectivity index is 2.15. The van der Waals surface area contributed by atoms with Crippen molar-refractivity contribution in [3.8, 4) is 11.3 Å². The number of nitrogens with zero attached hydrogens (tertiary/aromatic N) is 1. The van der Waals surface area contributed by atoms with Crippen molar-refractivity contribution < 1.29 is 9.90 Å². The molecule has 0 bridgehead atoms. The number of H-pyrrole nitrogens is 1. The van der Waals surface area contributed by atoms with Crippen LogP contribution in [0.5, 0.6) is 0 Å². The second-order valence-electron chi connectivity index (χ2n) is 4.26. The van der Waals surface area contributed by atoms with Gasteiger partial charge in [-0.25, -0.2) is 4.79 Å². The van der Waals surface area contributed by atoms with Crippen LogP contribution in [0.4, 0.5) is 0 Å². The van der Waals surface area contributed by atoms with E-state index in [1.807, 2.05) is 6.07 Å². The van der Waals surface area contributed by atoms with Crippen molar-refractivity contribution in [1.82, 2.24) is 10.2 Å². The number of rotatable bonds is 5. The number of hydrogen-bond acceptors (Lipinski definition) is 2. The van der Waals surface area contributed by atoms with E-state index in [0.29, 0.717) is 5.56 Å². The summed E-state index contributed by atoms with van der Waals surface area (Å²) in [5.74, 6) is -0.910. The highest BCUT2D eigenvalue weighted by molar-refractivity contribution is 5.88. The number of carboxylic acid groups (broad SMARTS) is 1.